The lowest BCUT2D eigenvalue weighted by molar-refractivity contribution is -0.0640. The van der Waals surface area contributed by atoms with Gasteiger partial charge in [0.15, 0.2) is 11.5 Å². The summed E-state index contributed by atoms with van der Waals surface area (Å²) in [6.45, 7) is 7.27. The minimum Gasteiger partial charge on any atom is -0.493 e. The standard InChI is InChI=1S/C19H29NO6/c1-4-9-24-13-15(21)11-20-8-10-25-16(12-20)14-26-19-17(22-2)6-5-7-18(19)23-3/h4-7,15-16,21H,1,8-14H2,2-3H3. The van der Waals surface area contributed by atoms with Crippen LogP contribution in [-0.2, 0) is 9.47 Å². The van der Waals surface area contributed by atoms with Crippen LogP contribution in [0.15, 0.2) is 30.9 Å². The summed E-state index contributed by atoms with van der Waals surface area (Å²) in [4.78, 5) is 2.15. The van der Waals surface area contributed by atoms with E-state index < -0.39 is 6.10 Å². The molecule has 1 aromatic rings. The summed E-state index contributed by atoms with van der Waals surface area (Å²) in [5.41, 5.74) is 0. The van der Waals surface area contributed by atoms with Crippen LogP contribution in [0, 0.1) is 0 Å². The highest BCUT2D eigenvalue weighted by atomic mass is 16.6. The first-order valence-corrected chi connectivity index (χ1v) is 8.72. The number of benzene rings is 1. The molecular weight excluding hydrogens is 338 g/mol. The lowest BCUT2D eigenvalue weighted by Gasteiger charge is -2.34. The van der Waals surface area contributed by atoms with E-state index in [4.69, 9.17) is 23.7 Å². The number of aliphatic hydroxyl groups excluding tert-OH is 1. The first kappa shape index (κ1) is 20.5. The molecule has 1 N–H and O–H groups in total. The average Bonchev–Trinajstić information content (AvgIpc) is 2.66. The van der Waals surface area contributed by atoms with Crippen LogP contribution in [0.3, 0.4) is 0 Å². The Bertz CT molecular complexity index is 531. The molecule has 1 aliphatic heterocycles. The van der Waals surface area contributed by atoms with E-state index in [2.05, 4.69) is 11.5 Å². The molecule has 1 heterocycles. The van der Waals surface area contributed by atoms with Gasteiger partial charge in [-0.05, 0) is 12.1 Å². The molecule has 0 saturated carbocycles. The van der Waals surface area contributed by atoms with E-state index in [9.17, 15) is 5.11 Å². The lowest BCUT2D eigenvalue weighted by Crippen LogP contribution is -2.48. The largest absolute Gasteiger partial charge is 0.493 e. The molecule has 7 heteroatoms. The summed E-state index contributed by atoms with van der Waals surface area (Å²) in [6.07, 6.45) is 1.03. The van der Waals surface area contributed by atoms with Gasteiger partial charge in [0.2, 0.25) is 5.75 Å². The average molecular weight is 367 g/mol. The summed E-state index contributed by atoms with van der Waals surface area (Å²) in [5.74, 6) is 1.80. The van der Waals surface area contributed by atoms with E-state index >= 15 is 0 Å². The van der Waals surface area contributed by atoms with E-state index in [1.165, 1.54) is 0 Å². The molecule has 0 spiro atoms. The van der Waals surface area contributed by atoms with Gasteiger partial charge in [-0.2, -0.15) is 0 Å². The van der Waals surface area contributed by atoms with Crippen molar-refractivity contribution in [3.8, 4) is 17.2 Å². The van der Waals surface area contributed by atoms with Crippen LogP contribution in [-0.4, -0.2) is 82.5 Å². The van der Waals surface area contributed by atoms with Gasteiger partial charge in [-0.3, -0.25) is 4.90 Å². The molecule has 26 heavy (non-hydrogen) atoms. The molecule has 0 radical (unpaired) electrons. The third kappa shape index (κ3) is 6.17. The molecule has 1 fully saturated rings. The van der Waals surface area contributed by atoms with Gasteiger partial charge in [0.25, 0.3) is 0 Å². The van der Waals surface area contributed by atoms with E-state index in [0.717, 1.165) is 6.54 Å². The number of ether oxygens (including phenoxy) is 5. The first-order chi connectivity index (χ1) is 12.7. The second-order valence-corrected chi connectivity index (χ2v) is 6.03. The van der Waals surface area contributed by atoms with Gasteiger partial charge in [-0.25, -0.2) is 0 Å². The van der Waals surface area contributed by atoms with Gasteiger partial charge < -0.3 is 28.8 Å². The Kier molecular flexibility index (Phi) is 8.70. The molecule has 0 bridgehead atoms. The highest BCUT2D eigenvalue weighted by molar-refractivity contribution is 5.51. The predicted octanol–water partition coefficient (Wildman–Crippen LogP) is 1.35. The van der Waals surface area contributed by atoms with Crippen molar-refractivity contribution in [2.45, 2.75) is 12.2 Å². The molecule has 1 aromatic carbocycles. The smallest absolute Gasteiger partial charge is 0.203 e. The van der Waals surface area contributed by atoms with Crippen molar-refractivity contribution < 1.29 is 28.8 Å². The molecule has 2 unspecified atom stereocenters. The molecule has 0 amide bonds. The van der Waals surface area contributed by atoms with Crippen LogP contribution in [0.1, 0.15) is 0 Å². The van der Waals surface area contributed by atoms with Crippen molar-refractivity contribution in [1.29, 1.82) is 0 Å². The molecule has 0 aromatic heterocycles. The predicted molar refractivity (Wildman–Crippen MR) is 98.2 cm³/mol. The lowest BCUT2D eigenvalue weighted by atomic mass is 10.2. The Balaban J connectivity index is 1.84. The van der Waals surface area contributed by atoms with Crippen LogP contribution in [0.2, 0.25) is 0 Å². The molecule has 2 atom stereocenters. The van der Waals surface area contributed by atoms with Gasteiger partial charge in [-0.15, -0.1) is 6.58 Å². The number of hydrogen-bond donors (Lipinski definition) is 1. The number of hydrogen-bond acceptors (Lipinski definition) is 7. The molecule has 1 aliphatic rings. The van der Waals surface area contributed by atoms with Crippen molar-refractivity contribution in [3.05, 3.63) is 30.9 Å². The monoisotopic (exact) mass is 367 g/mol. The summed E-state index contributed by atoms with van der Waals surface area (Å²) in [5, 5.41) is 10.1. The summed E-state index contributed by atoms with van der Waals surface area (Å²) in [6, 6.07) is 5.50. The minimum absolute atomic E-state index is 0.0975. The maximum Gasteiger partial charge on any atom is 0.203 e. The zero-order valence-electron chi connectivity index (χ0n) is 15.6. The van der Waals surface area contributed by atoms with Crippen molar-refractivity contribution in [3.63, 3.8) is 0 Å². The van der Waals surface area contributed by atoms with E-state index in [0.29, 0.717) is 56.8 Å². The second kappa shape index (κ2) is 11.0. The Labute approximate surface area is 155 Å². The zero-order chi connectivity index (χ0) is 18.8. The van der Waals surface area contributed by atoms with Crippen molar-refractivity contribution in [2.75, 3.05) is 60.3 Å². The highest BCUT2D eigenvalue weighted by Crippen LogP contribution is 2.36. The number of methoxy groups -OCH3 is 2. The zero-order valence-corrected chi connectivity index (χ0v) is 15.6. The molecule has 0 aliphatic carbocycles. The van der Waals surface area contributed by atoms with E-state index in [-0.39, 0.29) is 6.10 Å². The number of rotatable bonds is 11. The van der Waals surface area contributed by atoms with Crippen LogP contribution < -0.4 is 14.2 Å². The summed E-state index contributed by atoms with van der Waals surface area (Å²) in [7, 11) is 3.19. The Morgan fingerprint density at radius 1 is 1.35 bits per heavy atom. The minimum atomic E-state index is -0.538. The number of aliphatic hydroxyl groups is 1. The Morgan fingerprint density at radius 3 is 2.73 bits per heavy atom. The topological polar surface area (TPSA) is 69.6 Å². The fourth-order valence-electron chi connectivity index (χ4n) is 2.82. The molecule has 7 nitrogen and oxygen atoms in total. The summed E-state index contributed by atoms with van der Waals surface area (Å²) >= 11 is 0. The van der Waals surface area contributed by atoms with Gasteiger partial charge in [0.05, 0.1) is 40.1 Å². The van der Waals surface area contributed by atoms with Crippen LogP contribution in [0.25, 0.3) is 0 Å². The normalized spacial score (nSPS) is 19.0. The SMILES string of the molecule is C=CCOCC(O)CN1CCOC(COc2c(OC)cccc2OC)C1. The van der Waals surface area contributed by atoms with Crippen LogP contribution in [0.4, 0.5) is 0 Å². The van der Waals surface area contributed by atoms with Crippen LogP contribution >= 0.6 is 0 Å². The highest BCUT2D eigenvalue weighted by Gasteiger charge is 2.24. The number of para-hydroxylation sites is 1. The Hall–Kier alpha value is -1.80. The van der Waals surface area contributed by atoms with Gasteiger partial charge >= 0.3 is 0 Å². The molecular formula is C19H29NO6. The van der Waals surface area contributed by atoms with Crippen LogP contribution in [0.5, 0.6) is 17.2 Å². The van der Waals surface area contributed by atoms with Crippen molar-refractivity contribution in [2.24, 2.45) is 0 Å². The van der Waals surface area contributed by atoms with Gasteiger partial charge in [0.1, 0.15) is 12.7 Å². The van der Waals surface area contributed by atoms with Gasteiger partial charge in [0, 0.05) is 19.6 Å². The second-order valence-electron chi connectivity index (χ2n) is 6.03. The molecule has 2 rings (SSSR count). The quantitative estimate of drug-likeness (QED) is 0.468. The van der Waals surface area contributed by atoms with Gasteiger partial charge in [-0.1, -0.05) is 12.1 Å². The first-order valence-electron chi connectivity index (χ1n) is 8.72. The fraction of sp³-hybridized carbons (Fsp3) is 0.579. The van der Waals surface area contributed by atoms with E-state index in [1.54, 1.807) is 20.3 Å². The third-order valence-corrected chi connectivity index (χ3v) is 4.03. The summed E-state index contributed by atoms with van der Waals surface area (Å²) < 4.78 is 27.7. The molecule has 1 saturated heterocycles. The third-order valence-electron chi connectivity index (χ3n) is 4.03. The van der Waals surface area contributed by atoms with Crippen molar-refractivity contribution >= 4 is 0 Å². The maximum absolute atomic E-state index is 10.1. The Morgan fingerprint density at radius 2 is 2.08 bits per heavy atom. The number of nitrogens with zero attached hydrogens (tertiary/aromatic N) is 1. The number of morpholine rings is 1. The molecule has 146 valence electrons. The fourth-order valence-corrected chi connectivity index (χ4v) is 2.82. The number of β-amino-alcohol motifs (C(OH)–C–C–N with tert-alkyl or cyclic N) is 1. The van der Waals surface area contributed by atoms with Crippen molar-refractivity contribution in [1.82, 2.24) is 4.90 Å². The van der Waals surface area contributed by atoms with E-state index in [1.807, 2.05) is 18.2 Å². The maximum atomic E-state index is 10.1.